The van der Waals surface area contributed by atoms with Crippen molar-refractivity contribution in [1.82, 2.24) is 14.8 Å². The van der Waals surface area contributed by atoms with Crippen LogP contribution in [0.2, 0.25) is 10.0 Å². The lowest BCUT2D eigenvalue weighted by molar-refractivity contribution is -0.113. The summed E-state index contributed by atoms with van der Waals surface area (Å²) in [6, 6.07) is 17.5. The summed E-state index contributed by atoms with van der Waals surface area (Å²) < 4.78 is 21.0. The van der Waals surface area contributed by atoms with Crippen LogP contribution in [0.15, 0.2) is 83.2 Å². The largest absolute Gasteiger partial charge is 0.462 e. The van der Waals surface area contributed by atoms with Crippen LogP contribution >= 0.6 is 35.0 Å². The van der Waals surface area contributed by atoms with E-state index in [9.17, 15) is 14.0 Å². The van der Waals surface area contributed by atoms with E-state index in [4.69, 9.17) is 27.9 Å². The normalized spacial score (nSPS) is 14.3. The summed E-state index contributed by atoms with van der Waals surface area (Å²) in [6.07, 6.45) is 0. The average molecular weight is 613 g/mol. The van der Waals surface area contributed by atoms with E-state index in [-0.39, 0.29) is 18.3 Å². The first kappa shape index (κ1) is 28.7. The number of benzene rings is 3. The minimum atomic E-state index is -0.638. The molecule has 0 bridgehead atoms. The number of ether oxygens (including phenoxy) is 1. The molecule has 0 spiro atoms. The van der Waals surface area contributed by atoms with Crippen LogP contribution in [0.5, 0.6) is 0 Å². The Kier molecular flexibility index (Phi) is 8.63. The zero-order valence-electron chi connectivity index (χ0n) is 22.0. The smallest absolute Gasteiger partial charge is 0.338 e. The fourth-order valence-corrected chi connectivity index (χ4v) is 5.65. The Labute approximate surface area is 249 Å². The molecule has 1 atom stereocenters. The highest BCUT2D eigenvalue weighted by Gasteiger charge is 2.34. The monoisotopic (exact) mass is 611 g/mol. The average Bonchev–Trinajstić information content (AvgIpc) is 3.35. The van der Waals surface area contributed by atoms with Gasteiger partial charge in [-0.2, -0.15) is 4.98 Å². The van der Waals surface area contributed by atoms with Gasteiger partial charge < -0.3 is 15.4 Å². The van der Waals surface area contributed by atoms with Crippen molar-refractivity contribution in [3.05, 3.63) is 111 Å². The summed E-state index contributed by atoms with van der Waals surface area (Å²) >= 11 is 13.6. The quantitative estimate of drug-likeness (QED) is 0.162. The van der Waals surface area contributed by atoms with Crippen LogP contribution in [0, 0.1) is 5.82 Å². The first-order valence-corrected chi connectivity index (χ1v) is 14.3. The van der Waals surface area contributed by atoms with Crippen LogP contribution < -0.4 is 10.6 Å². The van der Waals surface area contributed by atoms with E-state index in [0.29, 0.717) is 49.2 Å². The van der Waals surface area contributed by atoms with Crippen LogP contribution in [-0.2, 0) is 15.3 Å². The highest BCUT2D eigenvalue weighted by Crippen LogP contribution is 2.38. The van der Waals surface area contributed by atoms with Crippen molar-refractivity contribution in [1.29, 1.82) is 0 Å². The lowest BCUT2D eigenvalue weighted by Crippen LogP contribution is -2.31. The second-order valence-corrected chi connectivity index (χ2v) is 10.8. The maximum absolute atomic E-state index is 14.3. The van der Waals surface area contributed by atoms with E-state index in [0.717, 1.165) is 5.56 Å². The first-order valence-electron chi connectivity index (χ1n) is 12.6. The molecule has 4 aromatic rings. The predicted octanol–water partition coefficient (Wildman–Crippen LogP) is 7.12. The van der Waals surface area contributed by atoms with Crippen molar-refractivity contribution in [2.75, 3.05) is 17.2 Å². The number of aromatic nitrogens is 3. The second-order valence-electron chi connectivity index (χ2n) is 9.02. The Morgan fingerprint density at radius 3 is 2.51 bits per heavy atom. The number of amides is 1. The Hall–Kier alpha value is -3.86. The molecule has 1 aliphatic rings. The Bertz CT molecular complexity index is 1620. The maximum Gasteiger partial charge on any atom is 0.338 e. The van der Waals surface area contributed by atoms with Gasteiger partial charge in [0.2, 0.25) is 11.1 Å². The van der Waals surface area contributed by atoms with Gasteiger partial charge in [-0.3, -0.25) is 4.79 Å². The number of rotatable bonds is 8. The lowest BCUT2D eigenvalue weighted by atomic mass is 9.95. The zero-order chi connectivity index (χ0) is 29.1. The van der Waals surface area contributed by atoms with Crippen molar-refractivity contribution in [3.8, 4) is 0 Å². The highest BCUT2D eigenvalue weighted by atomic mass is 35.5. The van der Waals surface area contributed by atoms with Gasteiger partial charge in [0.05, 0.1) is 17.7 Å². The third-order valence-corrected chi connectivity index (χ3v) is 7.79. The molecule has 0 unspecified atom stereocenters. The summed E-state index contributed by atoms with van der Waals surface area (Å²) in [5, 5.41) is 12.0. The number of halogens is 3. The molecule has 12 heteroatoms. The number of esters is 1. The third kappa shape index (κ3) is 6.24. The molecule has 0 aliphatic carbocycles. The highest BCUT2D eigenvalue weighted by molar-refractivity contribution is 7.98. The summed E-state index contributed by atoms with van der Waals surface area (Å²) in [5.74, 6) is -0.555. The van der Waals surface area contributed by atoms with Crippen molar-refractivity contribution in [2.24, 2.45) is 0 Å². The van der Waals surface area contributed by atoms with Crippen LogP contribution in [-0.4, -0.2) is 33.2 Å². The molecule has 1 aromatic heterocycles. The molecule has 0 fully saturated rings. The molecule has 0 saturated heterocycles. The minimum Gasteiger partial charge on any atom is -0.462 e. The second kappa shape index (κ2) is 12.3. The van der Waals surface area contributed by atoms with Crippen LogP contribution in [0.3, 0.4) is 0 Å². The van der Waals surface area contributed by atoms with Gasteiger partial charge >= 0.3 is 5.97 Å². The molecule has 3 aromatic carbocycles. The number of anilines is 2. The molecule has 0 radical (unpaired) electrons. The number of nitrogens with zero attached hydrogens (tertiary/aromatic N) is 3. The fraction of sp³-hybridized carbons (Fsp3) is 0.172. The van der Waals surface area contributed by atoms with Gasteiger partial charge in [0.1, 0.15) is 11.9 Å². The van der Waals surface area contributed by atoms with Crippen molar-refractivity contribution in [2.45, 2.75) is 30.8 Å². The minimum absolute atomic E-state index is 0.224. The van der Waals surface area contributed by atoms with Crippen molar-refractivity contribution < 1.29 is 18.7 Å². The summed E-state index contributed by atoms with van der Waals surface area (Å²) in [7, 11) is 0. The summed E-state index contributed by atoms with van der Waals surface area (Å²) in [4.78, 5) is 30.3. The molecular weight excluding hydrogens is 588 g/mol. The molecule has 1 amide bonds. The Morgan fingerprint density at radius 1 is 1.10 bits per heavy atom. The number of allylic oxidation sites excluding steroid dienone is 1. The predicted molar refractivity (Wildman–Crippen MR) is 158 cm³/mol. The number of nitrogens with one attached hydrogen (secondary N) is 2. The van der Waals surface area contributed by atoms with Gasteiger partial charge in [-0.1, -0.05) is 53.2 Å². The molecule has 0 saturated carbocycles. The van der Waals surface area contributed by atoms with Crippen LogP contribution in [0.25, 0.3) is 0 Å². The van der Waals surface area contributed by atoms with Crippen molar-refractivity contribution >= 4 is 58.5 Å². The molecule has 2 heterocycles. The fourth-order valence-electron chi connectivity index (χ4n) is 4.35. The number of hydrogen-bond acceptors (Lipinski definition) is 7. The van der Waals surface area contributed by atoms with E-state index in [1.54, 1.807) is 67.1 Å². The van der Waals surface area contributed by atoms with Gasteiger partial charge in [-0.05, 0) is 67.9 Å². The molecule has 5 rings (SSSR count). The van der Waals surface area contributed by atoms with Crippen LogP contribution in [0.1, 0.15) is 41.4 Å². The number of thioether (sulfide) groups is 1. The lowest BCUT2D eigenvalue weighted by Gasteiger charge is -2.28. The number of carbonyl (C=O) groups is 2. The molecule has 8 nitrogen and oxygen atoms in total. The van der Waals surface area contributed by atoms with Gasteiger partial charge in [0.25, 0.3) is 5.91 Å². The molecule has 2 N–H and O–H groups in total. The standard InChI is InChI=1S/C29H24Cl2FN5O3S/c1-3-40-27(39)18-9-13-20(14-10-18)34-26(38)24-16(2)33-28-35-29(41-15-21-22(31)5-4-6-23(21)32)36-37(28)25(24)17-7-11-19(30)12-8-17/h4-14,25H,3,15H2,1-2H3,(H,34,38)(H,33,35,36)/t25-/m1/s1. The Balaban J connectivity index is 1.44. The number of carbonyl (C=O) groups excluding carboxylic acids is 2. The Morgan fingerprint density at radius 2 is 1.83 bits per heavy atom. The molecule has 210 valence electrons. The van der Waals surface area contributed by atoms with E-state index in [2.05, 4.69) is 20.7 Å². The third-order valence-electron chi connectivity index (χ3n) is 6.32. The van der Waals surface area contributed by atoms with E-state index in [1.807, 2.05) is 12.1 Å². The van der Waals surface area contributed by atoms with Gasteiger partial charge in [0, 0.05) is 32.7 Å². The zero-order valence-corrected chi connectivity index (χ0v) is 24.3. The van der Waals surface area contributed by atoms with Crippen molar-refractivity contribution in [3.63, 3.8) is 0 Å². The molecule has 1 aliphatic heterocycles. The van der Waals surface area contributed by atoms with Gasteiger partial charge in [-0.25, -0.2) is 13.9 Å². The topological polar surface area (TPSA) is 98.1 Å². The van der Waals surface area contributed by atoms with E-state index < -0.39 is 17.8 Å². The van der Waals surface area contributed by atoms with E-state index in [1.165, 1.54) is 17.8 Å². The van der Waals surface area contributed by atoms with Gasteiger partial charge in [-0.15, -0.1) is 5.10 Å². The van der Waals surface area contributed by atoms with Crippen LogP contribution in [0.4, 0.5) is 16.0 Å². The SMILES string of the molecule is CCOC(=O)c1ccc(NC(=O)C2=C(C)Nc3nc(SCc4c(F)cccc4Cl)nn3[C@@H]2c2ccc(Cl)cc2)cc1. The maximum atomic E-state index is 14.3. The first-order chi connectivity index (χ1) is 19.7. The summed E-state index contributed by atoms with van der Waals surface area (Å²) in [5.41, 5.74) is 3.00. The van der Waals surface area contributed by atoms with E-state index >= 15 is 0 Å². The molecule has 41 heavy (non-hydrogen) atoms. The van der Waals surface area contributed by atoms with Gasteiger partial charge in [0.15, 0.2) is 0 Å². The summed E-state index contributed by atoms with van der Waals surface area (Å²) in [6.45, 7) is 3.79. The molecular formula is C29H24Cl2FN5O3S. The number of fused-ring (bicyclic) bond motifs is 1. The number of hydrogen-bond donors (Lipinski definition) is 2.